The van der Waals surface area contributed by atoms with Gasteiger partial charge >= 0.3 is 0 Å². The van der Waals surface area contributed by atoms with Gasteiger partial charge in [0, 0.05) is 18.1 Å². The van der Waals surface area contributed by atoms with E-state index in [-0.39, 0.29) is 11.9 Å². The molecule has 1 aromatic carbocycles. The van der Waals surface area contributed by atoms with Crippen LogP contribution in [-0.2, 0) is 11.3 Å². The summed E-state index contributed by atoms with van der Waals surface area (Å²) in [6, 6.07) is 7.40. The highest BCUT2D eigenvalue weighted by Crippen LogP contribution is 2.10. The van der Waals surface area contributed by atoms with Crippen molar-refractivity contribution in [3.63, 3.8) is 0 Å². The maximum atomic E-state index is 11.4. The molecule has 88 valence electrons. The molecule has 16 heavy (non-hydrogen) atoms. The highest BCUT2D eigenvalue weighted by Gasteiger charge is 2.10. The fourth-order valence-corrected chi connectivity index (χ4v) is 1.55. The summed E-state index contributed by atoms with van der Waals surface area (Å²) in [5.74, 6) is 0.0181. The predicted octanol–water partition coefficient (Wildman–Crippen LogP) is 1.95. The van der Waals surface area contributed by atoms with Crippen LogP contribution >= 0.6 is 11.6 Å². The number of nitrogens with one attached hydrogen (secondary N) is 2. The number of likely N-dealkylation sites (N-methyl/N-ethyl adjacent to an activating group) is 1. The molecular weight excluding hydrogens is 224 g/mol. The summed E-state index contributed by atoms with van der Waals surface area (Å²) in [4.78, 5) is 11.4. The minimum absolute atomic E-state index is 0.0181. The molecule has 4 heteroatoms. The topological polar surface area (TPSA) is 41.1 Å². The van der Waals surface area contributed by atoms with Gasteiger partial charge in [-0.1, -0.05) is 23.7 Å². The van der Waals surface area contributed by atoms with Crippen LogP contribution in [0.15, 0.2) is 24.3 Å². The Balaban J connectivity index is 2.42. The zero-order valence-corrected chi connectivity index (χ0v) is 10.3. The molecule has 1 unspecified atom stereocenters. The van der Waals surface area contributed by atoms with E-state index in [2.05, 4.69) is 10.6 Å². The van der Waals surface area contributed by atoms with Gasteiger partial charge in [0.1, 0.15) is 0 Å². The number of rotatable bonds is 5. The van der Waals surface area contributed by atoms with Crippen molar-refractivity contribution in [3.8, 4) is 0 Å². The molecule has 1 aromatic rings. The van der Waals surface area contributed by atoms with Gasteiger partial charge in [0.15, 0.2) is 0 Å². The molecule has 0 aromatic heterocycles. The summed E-state index contributed by atoms with van der Waals surface area (Å²) in [5.41, 5.74) is 1.07. The maximum absolute atomic E-state index is 11.4. The summed E-state index contributed by atoms with van der Waals surface area (Å²) < 4.78 is 0. The Kier molecular flexibility index (Phi) is 5.29. The number of benzene rings is 1. The van der Waals surface area contributed by atoms with Gasteiger partial charge in [-0.15, -0.1) is 0 Å². The Hall–Kier alpha value is -1.06. The van der Waals surface area contributed by atoms with E-state index in [0.717, 1.165) is 5.56 Å². The van der Waals surface area contributed by atoms with Gasteiger partial charge in [-0.3, -0.25) is 4.79 Å². The third kappa shape index (κ3) is 4.21. The van der Waals surface area contributed by atoms with E-state index in [1.54, 1.807) is 0 Å². The van der Waals surface area contributed by atoms with Crippen LogP contribution in [0.5, 0.6) is 0 Å². The van der Waals surface area contributed by atoms with Gasteiger partial charge in [0.05, 0.1) is 6.04 Å². The van der Waals surface area contributed by atoms with E-state index in [4.69, 9.17) is 11.6 Å². The minimum Gasteiger partial charge on any atom is -0.355 e. The molecule has 0 spiro atoms. The van der Waals surface area contributed by atoms with Gasteiger partial charge in [-0.2, -0.15) is 0 Å². The monoisotopic (exact) mass is 240 g/mol. The van der Waals surface area contributed by atoms with Crippen LogP contribution in [0, 0.1) is 0 Å². The Morgan fingerprint density at radius 2 is 2.25 bits per heavy atom. The molecule has 3 nitrogen and oxygen atoms in total. The summed E-state index contributed by atoms with van der Waals surface area (Å²) in [7, 11) is 0. The fraction of sp³-hybridized carbons (Fsp3) is 0.417. The molecule has 0 aliphatic heterocycles. The molecule has 0 bridgehead atoms. The van der Waals surface area contributed by atoms with Gasteiger partial charge < -0.3 is 10.6 Å². The zero-order valence-electron chi connectivity index (χ0n) is 9.59. The van der Waals surface area contributed by atoms with Gasteiger partial charge in [0.2, 0.25) is 5.91 Å². The highest BCUT2D eigenvalue weighted by atomic mass is 35.5. The molecule has 1 rings (SSSR count). The van der Waals surface area contributed by atoms with Gasteiger partial charge in [-0.25, -0.2) is 0 Å². The van der Waals surface area contributed by atoms with Crippen LogP contribution in [0.4, 0.5) is 0 Å². The van der Waals surface area contributed by atoms with Crippen molar-refractivity contribution in [2.75, 3.05) is 6.54 Å². The van der Waals surface area contributed by atoms with Crippen LogP contribution in [0.25, 0.3) is 0 Å². The average Bonchev–Trinajstić information content (AvgIpc) is 2.26. The Morgan fingerprint density at radius 3 is 2.88 bits per heavy atom. The van der Waals surface area contributed by atoms with E-state index >= 15 is 0 Å². The molecular formula is C12H17ClN2O. The second kappa shape index (κ2) is 6.51. The van der Waals surface area contributed by atoms with Crippen molar-refractivity contribution >= 4 is 17.5 Å². The summed E-state index contributed by atoms with van der Waals surface area (Å²) in [5, 5.41) is 6.62. The van der Waals surface area contributed by atoms with E-state index in [0.29, 0.717) is 18.1 Å². The number of hydrogen-bond donors (Lipinski definition) is 2. The van der Waals surface area contributed by atoms with Crippen molar-refractivity contribution in [3.05, 3.63) is 34.9 Å². The first-order valence-corrected chi connectivity index (χ1v) is 5.76. The summed E-state index contributed by atoms with van der Waals surface area (Å²) in [6.07, 6.45) is 0. The first-order chi connectivity index (χ1) is 7.63. The Labute approximate surface area is 101 Å². The first-order valence-electron chi connectivity index (χ1n) is 5.39. The summed E-state index contributed by atoms with van der Waals surface area (Å²) in [6.45, 7) is 5.04. The zero-order chi connectivity index (χ0) is 12.0. The normalized spacial score (nSPS) is 12.2. The number of carbonyl (C=O) groups excluding carboxylic acids is 1. The van der Waals surface area contributed by atoms with Crippen LogP contribution in [0.2, 0.25) is 5.02 Å². The van der Waals surface area contributed by atoms with Crippen molar-refractivity contribution in [2.45, 2.75) is 26.4 Å². The van der Waals surface area contributed by atoms with E-state index in [1.807, 2.05) is 38.1 Å². The molecule has 0 aliphatic carbocycles. The van der Waals surface area contributed by atoms with Gasteiger partial charge in [-0.05, 0) is 31.5 Å². The molecule has 0 aliphatic rings. The molecule has 1 amide bonds. The lowest BCUT2D eigenvalue weighted by Gasteiger charge is -2.13. The van der Waals surface area contributed by atoms with Crippen LogP contribution in [0.3, 0.4) is 0 Å². The largest absolute Gasteiger partial charge is 0.355 e. The minimum atomic E-state index is -0.195. The highest BCUT2D eigenvalue weighted by molar-refractivity contribution is 6.30. The van der Waals surface area contributed by atoms with E-state index in [9.17, 15) is 4.79 Å². The molecule has 0 radical (unpaired) electrons. The van der Waals surface area contributed by atoms with Crippen LogP contribution in [0.1, 0.15) is 19.4 Å². The van der Waals surface area contributed by atoms with E-state index < -0.39 is 0 Å². The Bertz CT molecular complexity index is 355. The van der Waals surface area contributed by atoms with Crippen LogP contribution < -0.4 is 10.6 Å². The van der Waals surface area contributed by atoms with Gasteiger partial charge in [0.25, 0.3) is 0 Å². The van der Waals surface area contributed by atoms with Crippen molar-refractivity contribution in [2.24, 2.45) is 0 Å². The predicted molar refractivity (Wildman–Crippen MR) is 66.4 cm³/mol. The summed E-state index contributed by atoms with van der Waals surface area (Å²) >= 11 is 5.87. The smallest absolute Gasteiger partial charge is 0.236 e. The average molecular weight is 241 g/mol. The third-order valence-electron chi connectivity index (χ3n) is 2.25. The lowest BCUT2D eigenvalue weighted by molar-refractivity contribution is -0.122. The second-order valence-electron chi connectivity index (χ2n) is 3.63. The standard InChI is InChI=1S/C12H17ClN2O/c1-3-14-12(16)9(2)15-8-10-5-4-6-11(13)7-10/h4-7,9,15H,3,8H2,1-2H3,(H,14,16). The molecule has 0 fully saturated rings. The number of hydrogen-bond acceptors (Lipinski definition) is 2. The van der Waals surface area contributed by atoms with Crippen molar-refractivity contribution < 1.29 is 4.79 Å². The molecule has 0 saturated carbocycles. The van der Waals surface area contributed by atoms with Crippen molar-refractivity contribution in [1.82, 2.24) is 10.6 Å². The molecule has 1 atom stereocenters. The van der Waals surface area contributed by atoms with E-state index in [1.165, 1.54) is 0 Å². The lowest BCUT2D eigenvalue weighted by Crippen LogP contribution is -2.41. The number of amides is 1. The molecule has 2 N–H and O–H groups in total. The van der Waals surface area contributed by atoms with Crippen molar-refractivity contribution in [1.29, 1.82) is 0 Å². The number of halogens is 1. The van der Waals surface area contributed by atoms with Crippen LogP contribution in [-0.4, -0.2) is 18.5 Å². The second-order valence-corrected chi connectivity index (χ2v) is 4.06. The third-order valence-corrected chi connectivity index (χ3v) is 2.48. The first kappa shape index (κ1) is 13.0. The quantitative estimate of drug-likeness (QED) is 0.826. The lowest BCUT2D eigenvalue weighted by atomic mass is 10.2. The Morgan fingerprint density at radius 1 is 1.50 bits per heavy atom. The fourth-order valence-electron chi connectivity index (χ4n) is 1.34. The SMILES string of the molecule is CCNC(=O)C(C)NCc1cccc(Cl)c1. The molecule has 0 saturated heterocycles. The number of carbonyl (C=O) groups is 1. The molecule has 0 heterocycles. The maximum Gasteiger partial charge on any atom is 0.236 e.